The fourth-order valence-electron chi connectivity index (χ4n) is 4.61. The monoisotopic (exact) mass is 361 g/mol. The van der Waals surface area contributed by atoms with E-state index in [4.69, 9.17) is 5.10 Å². The number of anilines is 1. The zero-order valence-corrected chi connectivity index (χ0v) is 17.3. The van der Waals surface area contributed by atoms with Crippen molar-refractivity contribution in [2.24, 2.45) is 7.05 Å². The Morgan fingerprint density at radius 1 is 1.19 bits per heavy atom. The van der Waals surface area contributed by atoms with E-state index in [0.29, 0.717) is 5.92 Å². The number of benzene rings is 2. The van der Waals surface area contributed by atoms with Gasteiger partial charge < -0.3 is 5.32 Å². The molecule has 3 nitrogen and oxygen atoms in total. The van der Waals surface area contributed by atoms with Crippen LogP contribution in [0.2, 0.25) is 0 Å². The first-order valence-corrected chi connectivity index (χ1v) is 10.2. The zero-order valence-electron chi connectivity index (χ0n) is 17.3. The molecule has 3 aromatic rings. The van der Waals surface area contributed by atoms with Crippen molar-refractivity contribution < 1.29 is 0 Å². The first-order valence-electron chi connectivity index (χ1n) is 10.2. The van der Waals surface area contributed by atoms with Crippen molar-refractivity contribution in [2.45, 2.75) is 58.3 Å². The summed E-state index contributed by atoms with van der Waals surface area (Å²) >= 11 is 0. The number of hydrogen-bond acceptors (Lipinski definition) is 2. The van der Waals surface area contributed by atoms with Crippen molar-refractivity contribution in [2.75, 3.05) is 11.9 Å². The molecule has 3 heteroatoms. The molecule has 27 heavy (non-hydrogen) atoms. The highest BCUT2D eigenvalue weighted by molar-refractivity contribution is 5.83. The lowest BCUT2D eigenvalue weighted by atomic mass is 9.79. The van der Waals surface area contributed by atoms with Crippen molar-refractivity contribution in [3.05, 3.63) is 58.8 Å². The van der Waals surface area contributed by atoms with Gasteiger partial charge in [-0.1, -0.05) is 52.0 Å². The Morgan fingerprint density at radius 2 is 1.96 bits per heavy atom. The summed E-state index contributed by atoms with van der Waals surface area (Å²) in [5, 5.41) is 9.81. The number of hydrogen-bond donors (Lipinski definition) is 1. The summed E-state index contributed by atoms with van der Waals surface area (Å²) in [6.45, 7) is 10.4. The van der Waals surface area contributed by atoms with Gasteiger partial charge in [-0.25, -0.2) is 0 Å². The SMILES string of the molecule is CC(C)c1cc(CC(C)(C)c2nn(C)c3ccccc23)cc2c1CCCN2. The predicted molar refractivity (Wildman–Crippen MR) is 115 cm³/mol. The van der Waals surface area contributed by atoms with E-state index in [1.54, 1.807) is 0 Å². The van der Waals surface area contributed by atoms with Gasteiger partial charge in [-0.15, -0.1) is 0 Å². The number of aromatic nitrogens is 2. The van der Waals surface area contributed by atoms with Crippen LogP contribution in [0.15, 0.2) is 36.4 Å². The third kappa shape index (κ3) is 3.24. The van der Waals surface area contributed by atoms with E-state index in [9.17, 15) is 0 Å². The van der Waals surface area contributed by atoms with Gasteiger partial charge in [0.15, 0.2) is 0 Å². The van der Waals surface area contributed by atoms with Gasteiger partial charge in [0.25, 0.3) is 0 Å². The lowest BCUT2D eigenvalue weighted by Gasteiger charge is -2.27. The molecule has 0 atom stereocenters. The summed E-state index contributed by atoms with van der Waals surface area (Å²) in [5.74, 6) is 0.553. The average Bonchev–Trinajstić information content (AvgIpc) is 2.99. The summed E-state index contributed by atoms with van der Waals surface area (Å²) in [7, 11) is 2.04. The lowest BCUT2D eigenvalue weighted by Crippen LogP contribution is -2.23. The number of para-hydroxylation sites is 1. The van der Waals surface area contributed by atoms with Crippen molar-refractivity contribution in [1.29, 1.82) is 0 Å². The standard InChI is InChI=1S/C24H31N3/c1-16(2)20-13-17(14-21-18(20)10-8-12-25-21)15-24(3,4)23-19-9-6-7-11-22(19)27(5)26-23/h6-7,9,11,13-14,16,25H,8,10,12,15H2,1-5H3. The van der Waals surface area contributed by atoms with Gasteiger partial charge >= 0.3 is 0 Å². The maximum Gasteiger partial charge on any atom is 0.0762 e. The van der Waals surface area contributed by atoms with Gasteiger partial charge in [0.1, 0.15) is 0 Å². The second kappa shape index (κ2) is 6.70. The molecule has 0 fully saturated rings. The molecule has 1 aromatic heterocycles. The molecule has 2 heterocycles. The predicted octanol–water partition coefficient (Wildman–Crippen LogP) is 5.58. The van der Waals surface area contributed by atoms with Crippen LogP contribution in [0, 0.1) is 0 Å². The second-order valence-corrected chi connectivity index (χ2v) is 8.95. The molecule has 0 saturated carbocycles. The first kappa shape index (κ1) is 18.1. The molecular weight excluding hydrogens is 330 g/mol. The van der Waals surface area contributed by atoms with Crippen LogP contribution in [0.4, 0.5) is 5.69 Å². The zero-order chi connectivity index (χ0) is 19.2. The largest absolute Gasteiger partial charge is 0.385 e. The molecule has 1 aliphatic heterocycles. The summed E-state index contributed by atoms with van der Waals surface area (Å²) < 4.78 is 2.01. The highest BCUT2D eigenvalue weighted by atomic mass is 15.3. The van der Waals surface area contributed by atoms with Gasteiger partial charge in [-0.05, 0) is 54.0 Å². The molecule has 1 aliphatic rings. The van der Waals surface area contributed by atoms with E-state index in [0.717, 1.165) is 13.0 Å². The Hall–Kier alpha value is -2.29. The number of fused-ring (bicyclic) bond motifs is 2. The van der Waals surface area contributed by atoms with Crippen LogP contribution in [0.1, 0.15) is 62.4 Å². The van der Waals surface area contributed by atoms with Crippen molar-refractivity contribution >= 4 is 16.6 Å². The molecule has 0 amide bonds. The molecule has 0 saturated heterocycles. The highest BCUT2D eigenvalue weighted by Gasteiger charge is 2.28. The minimum atomic E-state index is -0.0297. The quantitative estimate of drug-likeness (QED) is 0.658. The first-order chi connectivity index (χ1) is 12.9. The molecular formula is C24H31N3. The molecule has 1 N–H and O–H groups in total. The van der Waals surface area contributed by atoms with Crippen molar-refractivity contribution in [3.63, 3.8) is 0 Å². The molecule has 0 bridgehead atoms. The summed E-state index contributed by atoms with van der Waals surface area (Å²) in [4.78, 5) is 0. The molecule has 2 aromatic carbocycles. The van der Waals surface area contributed by atoms with Crippen LogP contribution in [-0.4, -0.2) is 16.3 Å². The topological polar surface area (TPSA) is 29.9 Å². The minimum absolute atomic E-state index is 0.0297. The van der Waals surface area contributed by atoms with E-state index in [1.807, 2.05) is 11.7 Å². The third-order valence-corrected chi connectivity index (χ3v) is 5.93. The van der Waals surface area contributed by atoms with Crippen LogP contribution in [0.25, 0.3) is 10.9 Å². The average molecular weight is 362 g/mol. The summed E-state index contributed by atoms with van der Waals surface area (Å²) in [6.07, 6.45) is 3.42. The third-order valence-electron chi connectivity index (χ3n) is 5.93. The van der Waals surface area contributed by atoms with E-state index >= 15 is 0 Å². The smallest absolute Gasteiger partial charge is 0.0762 e. The van der Waals surface area contributed by atoms with Crippen molar-refractivity contribution in [3.8, 4) is 0 Å². The summed E-state index contributed by atoms with van der Waals surface area (Å²) in [6, 6.07) is 13.4. The van der Waals surface area contributed by atoms with Crippen LogP contribution in [0.3, 0.4) is 0 Å². The Balaban J connectivity index is 1.75. The number of rotatable bonds is 4. The van der Waals surface area contributed by atoms with Crippen LogP contribution < -0.4 is 5.32 Å². The Labute approximate surface area is 162 Å². The fraction of sp³-hybridized carbons (Fsp3) is 0.458. The highest BCUT2D eigenvalue weighted by Crippen LogP contribution is 2.36. The van der Waals surface area contributed by atoms with Gasteiger partial charge in [0.2, 0.25) is 0 Å². The molecule has 4 rings (SSSR count). The molecule has 142 valence electrons. The van der Waals surface area contributed by atoms with E-state index in [2.05, 4.69) is 69.4 Å². The lowest BCUT2D eigenvalue weighted by molar-refractivity contribution is 0.499. The maximum absolute atomic E-state index is 4.90. The minimum Gasteiger partial charge on any atom is -0.385 e. The molecule has 0 radical (unpaired) electrons. The summed E-state index contributed by atoms with van der Waals surface area (Å²) in [5.41, 5.74) is 8.17. The van der Waals surface area contributed by atoms with Crippen LogP contribution in [-0.2, 0) is 25.3 Å². The normalized spacial score (nSPS) is 14.4. The molecule has 0 spiro atoms. The van der Waals surface area contributed by atoms with Crippen LogP contribution >= 0.6 is 0 Å². The number of aryl methyl sites for hydroxylation is 1. The van der Waals surface area contributed by atoms with Gasteiger partial charge in [0, 0.05) is 30.1 Å². The van der Waals surface area contributed by atoms with Gasteiger partial charge in [-0.3, -0.25) is 4.68 Å². The fourth-order valence-corrected chi connectivity index (χ4v) is 4.61. The maximum atomic E-state index is 4.90. The van der Waals surface area contributed by atoms with E-state index < -0.39 is 0 Å². The number of nitrogens with one attached hydrogen (secondary N) is 1. The number of nitrogens with zero attached hydrogens (tertiary/aromatic N) is 2. The second-order valence-electron chi connectivity index (χ2n) is 8.95. The molecule has 0 unspecified atom stereocenters. The van der Waals surface area contributed by atoms with Crippen LogP contribution in [0.5, 0.6) is 0 Å². The Bertz CT molecular complexity index is 979. The van der Waals surface area contributed by atoms with Gasteiger partial charge in [-0.2, -0.15) is 5.10 Å². The van der Waals surface area contributed by atoms with Gasteiger partial charge in [0.05, 0.1) is 11.2 Å². The van der Waals surface area contributed by atoms with E-state index in [-0.39, 0.29) is 5.41 Å². The van der Waals surface area contributed by atoms with Crippen molar-refractivity contribution in [1.82, 2.24) is 9.78 Å². The molecule has 0 aliphatic carbocycles. The Morgan fingerprint density at radius 3 is 2.74 bits per heavy atom. The Kier molecular flexibility index (Phi) is 4.49. The van der Waals surface area contributed by atoms with E-state index in [1.165, 1.54) is 51.8 Å².